The fraction of sp³-hybridized carbons (Fsp3) is 0.375. The number of nitrogens with zero attached hydrogens (tertiary/aromatic N) is 3. The third kappa shape index (κ3) is 9.26. The van der Waals surface area contributed by atoms with Gasteiger partial charge in [-0.05, 0) is 64.6 Å². The Balaban J connectivity index is 3.70. The van der Waals surface area contributed by atoms with Crippen LogP contribution >= 0.6 is 11.6 Å². The van der Waals surface area contributed by atoms with E-state index in [-0.39, 0.29) is 34.2 Å². The Labute approximate surface area is 249 Å². The van der Waals surface area contributed by atoms with E-state index in [4.69, 9.17) is 16.3 Å². The largest absolute Gasteiger partial charge is 0.495 e. The first-order valence-electron chi connectivity index (χ1n) is 13.0. The number of hydrogen-bond acceptors (Lipinski definition) is 6. The van der Waals surface area contributed by atoms with Crippen molar-refractivity contribution in [2.45, 2.75) is 52.5 Å². The molecule has 0 aliphatic heterocycles. The van der Waals surface area contributed by atoms with E-state index in [1.165, 1.54) is 7.11 Å². The van der Waals surface area contributed by atoms with Crippen molar-refractivity contribution in [2.75, 3.05) is 33.6 Å². The van der Waals surface area contributed by atoms with Gasteiger partial charge in [-0.2, -0.15) is 0 Å². The molecule has 0 spiro atoms. The van der Waals surface area contributed by atoms with Crippen LogP contribution in [-0.2, 0) is 17.1 Å². The van der Waals surface area contributed by atoms with Gasteiger partial charge in [-0.3, -0.25) is 0 Å². The highest BCUT2D eigenvalue weighted by atomic mass is 35.5. The second-order valence-corrected chi connectivity index (χ2v) is 10.7. The van der Waals surface area contributed by atoms with Gasteiger partial charge in [0.25, 0.3) is 5.92 Å². The first-order chi connectivity index (χ1) is 19.0. The van der Waals surface area contributed by atoms with Crippen LogP contribution in [0.25, 0.3) is 0 Å². The molecular weight excluding hydrogens is 544 g/mol. The average molecular weight is 588 g/mol. The summed E-state index contributed by atoms with van der Waals surface area (Å²) in [5, 5.41) is 6.24. The van der Waals surface area contributed by atoms with Gasteiger partial charge in [-0.25, -0.2) is 18.7 Å². The van der Waals surface area contributed by atoms with Gasteiger partial charge in [-0.1, -0.05) is 56.1 Å². The highest BCUT2D eigenvalue weighted by molar-refractivity contribution is 6.32. The Kier molecular flexibility index (Phi) is 12.9. The number of methoxy groups -OCH3 is 1. The summed E-state index contributed by atoms with van der Waals surface area (Å²) >= 11 is 6.15. The van der Waals surface area contributed by atoms with Crippen LogP contribution in [0, 0.1) is 0 Å². The van der Waals surface area contributed by atoms with E-state index in [0.717, 1.165) is 24.3 Å². The van der Waals surface area contributed by atoms with Gasteiger partial charge in [0, 0.05) is 48.4 Å². The molecule has 0 saturated heterocycles. The number of likely N-dealkylation sites (N-methyl/N-ethyl adjacent to an activating group) is 2. The topological polar surface area (TPSA) is 62.3 Å². The third-order valence-electron chi connectivity index (χ3n) is 6.79. The summed E-state index contributed by atoms with van der Waals surface area (Å²) in [6.45, 7) is 24.6. The van der Waals surface area contributed by atoms with E-state index >= 15 is 0 Å². The quantitative estimate of drug-likeness (QED) is 0.161. The van der Waals surface area contributed by atoms with Gasteiger partial charge in [0.15, 0.2) is 0 Å². The second kappa shape index (κ2) is 14.9. The zero-order valence-electron chi connectivity index (χ0n) is 25.8. The number of nitrogens with one attached hydrogen (secondary N) is 2. The number of hydrogen-bond donors (Lipinski definition) is 2. The van der Waals surface area contributed by atoms with Crippen LogP contribution in [0.5, 0.6) is 0 Å². The summed E-state index contributed by atoms with van der Waals surface area (Å²) in [6, 6.07) is 0. The Hall–Kier alpha value is -3.49. The maximum atomic E-state index is 14.7. The molecule has 0 aliphatic rings. The molecule has 0 aliphatic carbocycles. The first-order valence-corrected chi connectivity index (χ1v) is 13.4. The number of allylic oxidation sites excluding steroid dienone is 7. The monoisotopic (exact) mass is 587 g/mol. The number of ether oxygens (including phenoxy) is 1. The van der Waals surface area contributed by atoms with Crippen LogP contribution in [-0.4, -0.2) is 48.7 Å². The van der Waals surface area contributed by atoms with Crippen molar-refractivity contribution in [1.29, 1.82) is 0 Å². The van der Waals surface area contributed by atoms with Crippen LogP contribution in [0.2, 0.25) is 0 Å². The lowest BCUT2D eigenvalue weighted by atomic mass is 9.84. The molecule has 9 heteroatoms. The molecule has 0 bridgehead atoms. The summed E-state index contributed by atoms with van der Waals surface area (Å²) in [5.74, 6) is -2.65. The molecule has 0 atom stereocenters. The molecule has 0 saturated carbocycles. The SMILES string of the molecule is C=C/C(C(=C)Cc1nc(N/C(C)=C(/C=C(\C(=C)Cl)C(=C)NC)OC)ncc1C(C)(F)F)=C(/C=C\C)C(C)(C)N(C)C. The van der Waals surface area contributed by atoms with Crippen molar-refractivity contribution >= 4 is 17.5 Å². The van der Waals surface area contributed by atoms with Gasteiger partial charge < -0.3 is 20.3 Å². The van der Waals surface area contributed by atoms with Gasteiger partial charge in [-0.15, -0.1) is 0 Å². The first kappa shape index (κ1) is 35.5. The molecule has 0 fully saturated rings. The van der Waals surface area contributed by atoms with Crippen LogP contribution in [0.4, 0.5) is 14.7 Å². The van der Waals surface area contributed by atoms with E-state index in [9.17, 15) is 8.78 Å². The number of aromatic nitrogens is 2. The van der Waals surface area contributed by atoms with Gasteiger partial charge in [0.1, 0.15) is 5.76 Å². The summed E-state index contributed by atoms with van der Waals surface area (Å²) in [7, 11) is 7.16. The molecular formula is C32H44ClF2N5O. The van der Waals surface area contributed by atoms with Crippen molar-refractivity contribution in [2.24, 2.45) is 0 Å². The molecule has 224 valence electrons. The summed E-state index contributed by atoms with van der Waals surface area (Å²) < 4.78 is 34.9. The van der Waals surface area contributed by atoms with E-state index in [2.05, 4.69) is 65.7 Å². The standard InChI is InChI=1S/C32H44ClF2N5O/c1-14-16-26(31(7,8)40(11)12)24(15-2)20(3)17-28-27(32(9,34)35)19-37-30(39-28)38-23(6)29(41-13)18-25(21(4)33)22(5)36-10/h14-16,18-19,36H,2-5,17H2,1,6-13H3,(H,37,38,39)/b16-14-,25-18+,26-24+,29-23-. The number of anilines is 1. The van der Waals surface area contributed by atoms with E-state index in [0.29, 0.717) is 28.3 Å². The van der Waals surface area contributed by atoms with Gasteiger partial charge in [0.2, 0.25) is 5.95 Å². The smallest absolute Gasteiger partial charge is 0.273 e. The van der Waals surface area contributed by atoms with Crippen molar-refractivity contribution in [1.82, 2.24) is 20.2 Å². The van der Waals surface area contributed by atoms with E-state index < -0.39 is 5.92 Å². The Morgan fingerprint density at radius 1 is 1.20 bits per heavy atom. The fourth-order valence-electron chi connectivity index (χ4n) is 3.90. The van der Waals surface area contributed by atoms with Gasteiger partial charge >= 0.3 is 0 Å². The number of halogens is 3. The lowest BCUT2D eigenvalue weighted by Gasteiger charge is -2.36. The maximum Gasteiger partial charge on any atom is 0.273 e. The van der Waals surface area contributed by atoms with Gasteiger partial charge in [0.05, 0.1) is 24.1 Å². The molecule has 1 aromatic heterocycles. The Bertz CT molecular complexity index is 1300. The maximum absolute atomic E-state index is 14.7. The fourth-order valence-corrected chi connectivity index (χ4v) is 4.06. The second-order valence-electron chi connectivity index (χ2n) is 10.2. The van der Waals surface area contributed by atoms with Crippen LogP contribution in [0.1, 0.15) is 45.9 Å². The zero-order chi connectivity index (χ0) is 31.7. The third-order valence-corrected chi connectivity index (χ3v) is 6.99. The van der Waals surface area contributed by atoms with Crippen molar-refractivity contribution in [3.05, 3.63) is 113 Å². The summed E-state index contributed by atoms with van der Waals surface area (Å²) in [4.78, 5) is 10.7. The Morgan fingerprint density at radius 2 is 1.80 bits per heavy atom. The molecule has 0 amide bonds. The van der Waals surface area contributed by atoms with E-state index in [1.807, 2.05) is 33.2 Å². The number of alkyl halides is 2. The minimum absolute atomic E-state index is 0.0554. The van der Waals surface area contributed by atoms with E-state index in [1.54, 1.807) is 26.1 Å². The van der Waals surface area contributed by atoms with Crippen molar-refractivity contribution in [3.8, 4) is 0 Å². The normalized spacial score (nSPS) is 13.9. The molecule has 0 radical (unpaired) electrons. The average Bonchev–Trinajstić information content (AvgIpc) is 2.87. The van der Waals surface area contributed by atoms with Crippen LogP contribution < -0.4 is 10.6 Å². The molecule has 2 N–H and O–H groups in total. The van der Waals surface area contributed by atoms with Crippen LogP contribution in [0.3, 0.4) is 0 Å². The molecule has 41 heavy (non-hydrogen) atoms. The highest BCUT2D eigenvalue weighted by Crippen LogP contribution is 2.34. The Morgan fingerprint density at radius 3 is 2.24 bits per heavy atom. The molecule has 1 aromatic rings. The lowest BCUT2D eigenvalue weighted by molar-refractivity contribution is 0.0158. The lowest BCUT2D eigenvalue weighted by Crippen LogP contribution is -2.40. The molecule has 1 rings (SSSR count). The van der Waals surface area contributed by atoms with Crippen LogP contribution in [0.15, 0.2) is 101 Å². The predicted molar refractivity (Wildman–Crippen MR) is 169 cm³/mol. The number of rotatable bonds is 15. The highest BCUT2D eigenvalue weighted by Gasteiger charge is 2.31. The molecule has 0 unspecified atom stereocenters. The van der Waals surface area contributed by atoms with Crippen molar-refractivity contribution in [3.63, 3.8) is 0 Å². The summed E-state index contributed by atoms with van der Waals surface area (Å²) in [5.41, 5.74) is 3.39. The molecule has 1 heterocycles. The minimum Gasteiger partial charge on any atom is -0.495 e. The zero-order valence-corrected chi connectivity index (χ0v) is 26.6. The predicted octanol–water partition coefficient (Wildman–Crippen LogP) is 7.79. The molecule has 0 aromatic carbocycles. The van der Waals surface area contributed by atoms with Crippen molar-refractivity contribution < 1.29 is 13.5 Å². The molecule has 6 nitrogen and oxygen atoms in total. The summed E-state index contributed by atoms with van der Waals surface area (Å²) in [6.07, 6.45) is 8.48. The minimum atomic E-state index is -3.17.